The van der Waals surface area contributed by atoms with Crippen molar-refractivity contribution in [1.29, 1.82) is 0 Å². The standard InChI is InChI=1S/C22H26ClF3N4O3/c23-17-5-3-16(4-6-17)18-14-20(32)30(19(27-18)2-1-7-22(24,25)26)15-21(33)29-10-8-28(9-11-29)12-13-31/h3-6,14,31H,1-2,7-13,15H2. The van der Waals surface area contributed by atoms with Crippen LogP contribution >= 0.6 is 11.6 Å². The number of piperazine rings is 1. The molecule has 3 rings (SSSR count). The summed E-state index contributed by atoms with van der Waals surface area (Å²) in [4.78, 5) is 33.8. The van der Waals surface area contributed by atoms with Crippen molar-refractivity contribution in [2.24, 2.45) is 0 Å². The third-order valence-electron chi connectivity index (χ3n) is 5.52. The van der Waals surface area contributed by atoms with Crippen LogP contribution in [0.5, 0.6) is 0 Å². The fraction of sp³-hybridized carbons (Fsp3) is 0.500. The average Bonchev–Trinajstić information content (AvgIpc) is 2.76. The number of carbonyl (C=O) groups is 1. The second-order valence-corrected chi connectivity index (χ2v) is 8.34. The van der Waals surface area contributed by atoms with Crippen LogP contribution in [0, 0.1) is 0 Å². The van der Waals surface area contributed by atoms with Gasteiger partial charge in [0, 0.05) is 62.2 Å². The smallest absolute Gasteiger partial charge is 0.389 e. The first-order valence-electron chi connectivity index (χ1n) is 10.7. The van der Waals surface area contributed by atoms with Crippen LogP contribution in [0.15, 0.2) is 35.1 Å². The Morgan fingerprint density at radius 1 is 1.12 bits per heavy atom. The van der Waals surface area contributed by atoms with Crippen LogP contribution in [-0.2, 0) is 17.8 Å². The van der Waals surface area contributed by atoms with Crippen molar-refractivity contribution in [1.82, 2.24) is 19.4 Å². The molecule has 1 aliphatic rings. The molecule has 0 bridgehead atoms. The molecule has 0 unspecified atom stereocenters. The molecule has 7 nitrogen and oxygen atoms in total. The molecule has 0 saturated carbocycles. The van der Waals surface area contributed by atoms with E-state index in [9.17, 15) is 22.8 Å². The average molecular weight is 487 g/mol. The van der Waals surface area contributed by atoms with Crippen molar-refractivity contribution in [3.8, 4) is 11.3 Å². The molecule has 1 N–H and O–H groups in total. The Balaban J connectivity index is 1.82. The van der Waals surface area contributed by atoms with Crippen LogP contribution in [0.25, 0.3) is 11.3 Å². The van der Waals surface area contributed by atoms with E-state index in [-0.39, 0.29) is 37.7 Å². The Labute approximate surface area is 194 Å². The molecule has 0 radical (unpaired) electrons. The lowest BCUT2D eigenvalue weighted by molar-refractivity contribution is -0.136. The maximum Gasteiger partial charge on any atom is 0.389 e. The minimum absolute atomic E-state index is 0.0380. The highest BCUT2D eigenvalue weighted by molar-refractivity contribution is 6.30. The molecular formula is C22H26ClF3N4O3. The maximum absolute atomic E-state index is 12.9. The fourth-order valence-electron chi connectivity index (χ4n) is 3.73. The number of aromatic nitrogens is 2. The molecule has 11 heteroatoms. The Hall–Kier alpha value is -2.43. The van der Waals surface area contributed by atoms with Gasteiger partial charge in [0.15, 0.2) is 0 Å². The summed E-state index contributed by atoms with van der Waals surface area (Å²) in [6.07, 6.45) is -5.65. The van der Waals surface area contributed by atoms with Gasteiger partial charge in [-0.2, -0.15) is 13.2 Å². The number of nitrogens with zero attached hydrogens (tertiary/aromatic N) is 4. The quantitative estimate of drug-likeness (QED) is 0.620. The maximum atomic E-state index is 12.9. The molecule has 1 aromatic heterocycles. The zero-order valence-electron chi connectivity index (χ0n) is 18.0. The van der Waals surface area contributed by atoms with E-state index in [4.69, 9.17) is 16.7 Å². The van der Waals surface area contributed by atoms with Crippen LogP contribution < -0.4 is 5.56 Å². The number of carbonyl (C=O) groups excluding carboxylic acids is 1. The molecule has 2 heterocycles. The van der Waals surface area contributed by atoms with Gasteiger partial charge in [-0.05, 0) is 18.6 Å². The van der Waals surface area contributed by atoms with E-state index in [2.05, 4.69) is 4.98 Å². The Kier molecular flexibility index (Phi) is 8.50. The van der Waals surface area contributed by atoms with Crippen molar-refractivity contribution in [3.63, 3.8) is 0 Å². The molecule has 2 aromatic rings. The lowest BCUT2D eigenvalue weighted by Gasteiger charge is -2.34. The summed E-state index contributed by atoms with van der Waals surface area (Å²) in [6, 6.07) is 7.89. The fourth-order valence-corrected chi connectivity index (χ4v) is 3.85. The highest BCUT2D eigenvalue weighted by atomic mass is 35.5. The topological polar surface area (TPSA) is 78.7 Å². The molecule has 0 spiro atoms. The van der Waals surface area contributed by atoms with Crippen LogP contribution in [0.4, 0.5) is 13.2 Å². The van der Waals surface area contributed by atoms with Crippen molar-refractivity contribution < 1.29 is 23.1 Å². The summed E-state index contributed by atoms with van der Waals surface area (Å²) < 4.78 is 39.2. The largest absolute Gasteiger partial charge is 0.395 e. The zero-order chi connectivity index (χ0) is 24.0. The predicted octanol–water partition coefficient (Wildman–Crippen LogP) is 2.59. The summed E-state index contributed by atoms with van der Waals surface area (Å²) in [5, 5.41) is 9.55. The Morgan fingerprint density at radius 3 is 2.39 bits per heavy atom. The van der Waals surface area contributed by atoms with Crippen molar-refractivity contribution in [3.05, 3.63) is 51.5 Å². The number of amides is 1. The third kappa shape index (κ3) is 7.28. The van der Waals surface area contributed by atoms with Crippen LogP contribution in [0.2, 0.25) is 5.02 Å². The second kappa shape index (κ2) is 11.1. The molecule has 1 aromatic carbocycles. The van der Waals surface area contributed by atoms with Crippen LogP contribution in [0.3, 0.4) is 0 Å². The normalized spacial score (nSPS) is 15.1. The summed E-state index contributed by atoms with van der Waals surface area (Å²) in [7, 11) is 0. The van der Waals surface area contributed by atoms with Gasteiger partial charge in [-0.1, -0.05) is 23.7 Å². The summed E-state index contributed by atoms with van der Waals surface area (Å²) in [5.74, 6) is -0.150. The predicted molar refractivity (Wildman–Crippen MR) is 118 cm³/mol. The van der Waals surface area contributed by atoms with E-state index in [1.54, 1.807) is 29.2 Å². The molecule has 0 atom stereocenters. The molecule has 1 fully saturated rings. The first kappa shape index (κ1) is 25.2. The first-order valence-corrected chi connectivity index (χ1v) is 11.1. The van der Waals surface area contributed by atoms with Gasteiger partial charge < -0.3 is 10.0 Å². The highest BCUT2D eigenvalue weighted by Gasteiger charge is 2.27. The van der Waals surface area contributed by atoms with E-state index < -0.39 is 18.2 Å². The minimum Gasteiger partial charge on any atom is -0.395 e. The van der Waals surface area contributed by atoms with Gasteiger partial charge in [0.1, 0.15) is 12.4 Å². The van der Waals surface area contributed by atoms with Crippen molar-refractivity contribution in [2.45, 2.75) is 32.0 Å². The summed E-state index contributed by atoms with van der Waals surface area (Å²) in [6.45, 7) is 2.40. The van der Waals surface area contributed by atoms with Gasteiger partial charge in [0.25, 0.3) is 5.56 Å². The molecular weight excluding hydrogens is 461 g/mol. The van der Waals surface area contributed by atoms with E-state index in [1.165, 1.54) is 6.07 Å². The third-order valence-corrected chi connectivity index (χ3v) is 5.77. The first-order chi connectivity index (χ1) is 15.7. The number of β-amino-alcohol motifs (C(OH)–C–C–N with tert-alkyl or cyclic N) is 1. The number of hydrogen-bond acceptors (Lipinski definition) is 5. The molecule has 0 aliphatic carbocycles. The van der Waals surface area contributed by atoms with E-state index in [0.717, 1.165) is 4.57 Å². The molecule has 180 valence electrons. The van der Waals surface area contributed by atoms with Gasteiger partial charge in [-0.15, -0.1) is 0 Å². The minimum atomic E-state index is -4.32. The summed E-state index contributed by atoms with van der Waals surface area (Å²) >= 11 is 5.91. The monoisotopic (exact) mass is 486 g/mol. The SMILES string of the molecule is O=C(Cn1c(CCCC(F)(F)F)nc(-c2ccc(Cl)cc2)cc1=O)N1CCN(CCO)CC1. The van der Waals surface area contributed by atoms with Crippen molar-refractivity contribution in [2.75, 3.05) is 39.3 Å². The number of rotatable bonds is 8. The van der Waals surface area contributed by atoms with Crippen molar-refractivity contribution >= 4 is 17.5 Å². The number of benzene rings is 1. The van der Waals surface area contributed by atoms with Gasteiger partial charge in [0.05, 0.1) is 12.3 Å². The number of aryl methyl sites for hydroxylation is 1. The Morgan fingerprint density at radius 2 is 1.79 bits per heavy atom. The van der Waals surface area contributed by atoms with Gasteiger partial charge in [-0.3, -0.25) is 19.1 Å². The molecule has 1 amide bonds. The van der Waals surface area contributed by atoms with Gasteiger partial charge in [-0.25, -0.2) is 4.98 Å². The second-order valence-electron chi connectivity index (χ2n) is 7.90. The molecule has 33 heavy (non-hydrogen) atoms. The van der Waals surface area contributed by atoms with Crippen LogP contribution in [0.1, 0.15) is 18.7 Å². The number of aliphatic hydroxyl groups is 1. The van der Waals surface area contributed by atoms with Gasteiger partial charge in [0.2, 0.25) is 5.91 Å². The number of aliphatic hydroxyl groups excluding tert-OH is 1. The van der Waals surface area contributed by atoms with E-state index in [0.29, 0.717) is 49.0 Å². The molecule has 1 saturated heterocycles. The zero-order valence-corrected chi connectivity index (χ0v) is 18.8. The summed E-state index contributed by atoms with van der Waals surface area (Å²) in [5.41, 5.74) is 0.427. The highest BCUT2D eigenvalue weighted by Crippen LogP contribution is 2.23. The van der Waals surface area contributed by atoms with Crippen LogP contribution in [-0.4, -0.2) is 75.9 Å². The lowest BCUT2D eigenvalue weighted by atomic mass is 10.1. The number of halogens is 4. The lowest BCUT2D eigenvalue weighted by Crippen LogP contribution is -2.50. The Bertz CT molecular complexity index is 1000. The van der Waals surface area contributed by atoms with E-state index in [1.807, 2.05) is 4.90 Å². The number of hydrogen-bond donors (Lipinski definition) is 1. The van der Waals surface area contributed by atoms with Gasteiger partial charge >= 0.3 is 6.18 Å². The van der Waals surface area contributed by atoms with E-state index >= 15 is 0 Å². The number of alkyl halides is 3. The molecule has 1 aliphatic heterocycles.